The number of alkyl halides is 3. The Bertz CT molecular complexity index is 714. The lowest BCUT2D eigenvalue weighted by molar-refractivity contribution is -0.188. The first-order chi connectivity index (χ1) is 11.6. The summed E-state index contributed by atoms with van der Waals surface area (Å²) in [5.41, 5.74) is 0.181. The van der Waals surface area contributed by atoms with Gasteiger partial charge in [0.15, 0.2) is 6.10 Å². The van der Waals surface area contributed by atoms with Crippen LogP contribution in [0.5, 0.6) is 5.75 Å². The zero-order chi connectivity index (χ0) is 18.8. The van der Waals surface area contributed by atoms with Crippen molar-refractivity contribution in [2.24, 2.45) is 11.8 Å². The highest BCUT2D eigenvalue weighted by Gasteiger charge is 2.53. The van der Waals surface area contributed by atoms with Gasteiger partial charge in [-0.15, -0.1) is 0 Å². The van der Waals surface area contributed by atoms with Gasteiger partial charge in [-0.1, -0.05) is 12.1 Å². The SMILES string of the molecule is CC(Oc1ccccc1C#N)C(=O)N1C[C@@H](C(F)(F)F)[C@H](C(=O)O)C1. The molecule has 1 aromatic carbocycles. The molecule has 1 amide bonds. The third kappa shape index (κ3) is 4.02. The van der Waals surface area contributed by atoms with Crippen LogP contribution < -0.4 is 4.74 Å². The molecule has 3 atom stereocenters. The lowest BCUT2D eigenvalue weighted by Crippen LogP contribution is -2.40. The van der Waals surface area contributed by atoms with Gasteiger partial charge >= 0.3 is 12.1 Å². The molecule has 1 saturated heterocycles. The maximum absolute atomic E-state index is 13.0. The number of rotatable bonds is 4. The van der Waals surface area contributed by atoms with E-state index in [0.717, 1.165) is 4.90 Å². The zero-order valence-corrected chi connectivity index (χ0v) is 13.2. The summed E-state index contributed by atoms with van der Waals surface area (Å²) in [5, 5.41) is 18.0. The largest absolute Gasteiger partial charge is 0.481 e. The Labute approximate surface area is 141 Å². The summed E-state index contributed by atoms with van der Waals surface area (Å²) < 4.78 is 44.3. The molecule has 134 valence electrons. The molecule has 1 N–H and O–H groups in total. The van der Waals surface area contributed by atoms with Gasteiger partial charge in [0.1, 0.15) is 11.8 Å². The van der Waals surface area contributed by atoms with Crippen LogP contribution in [-0.2, 0) is 9.59 Å². The summed E-state index contributed by atoms with van der Waals surface area (Å²) in [6.07, 6.45) is -5.87. The van der Waals surface area contributed by atoms with Gasteiger partial charge in [-0.3, -0.25) is 9.59 Å². The van der Waals surface area contributed by atoms with Crippen molar-refractivity contribution in [3.63, 3.8) is 0 Å². The van der Waals surface area contributed by atoms with Crippen molar-refractivity contribution in [2.75, 3.05) is 13.1 Å². The molecular formula is C16H15F3N2O4. The first kappa shape index (κ1) is 18.6. The molecule has 0 aromatic heterocycles. The summed E-state index contributed by atoms with van der Waals surface area (Å²) in [7, 11) is 0. The lowest BCUT2D eigenvalue weighted by Gasteiger charge is -2.22. The number of amides is 1. The van der Waals surface area contributed by atoms with E-state index in [2.05, 4.69) is 0 Å². The Hall–Kier alpha value is -2.76. The van der Waals surface area contributed by atoms with Gasteiger partial charge in [-0.2, -0.15) is 18.4 Å². The number of carboxylic acids is 1. The van der Waals surface area contributed by atoms with Crippen molar-refractivity contribution in [1.29, 1.82) is 5.26 Å². The van der Waals surface area contributed by atoms with Crippen molar-refractivity contribution in [3.05, 3.63) is 29.8 Å². The Kier molecular flexibility index (Phi) is 5.21. The van der Waals surface area contributed by atoms with E-state index >= 15 is 0 Å². The number of halogens is 3. The summed E-state index contributed by atoms with van der Waals surface area (Å²) in [5.74, 6) is -6.05. The molecule has 0 saturated carbocycles. The molecule has 25 heavy (non-hydrogen) atoms. The quantitative estimate of drug-likeness (QED) is 0.892. The summed E-state index contributed by atoms with van der Waals surface area (Å²) in [6, 6.07) is 8.01. The van der Waals surface area contributed by atoms with E-state index in [1.165, 1.54) is 19.1 Å². The second-order valence-electron chi connectivity index (χ2n) is 5.70. The average molecular weight is 356 g/mol. The van der Waals surface area contributed by atoms with E-state index in [0.29, 0.717) is 0 Å². The number of hydrogen-bond acceptors (Lipinski definition) is 4. The number of benzene rings is 1. The van der Waals surface area contributed by atoms with Gasteiger partial charge in [0.05, 0.1) is 17.4 Å². The number of carbonyl (C=O) groups is 2. The van der Waals surface area contributed by atoms with E-state index in [1.807, 2.05) is 6.07 Å². The molecule has 0 spiro atoms. The third-order valence-electron chi connectivity index (χ3n) is 4.03. The van der Waals surface area contributed by atoms with Crippen molar-refractivity contribution >= 4 is 11.9 Å². The smallest absolute Gasteiger partial charge is 0.394 e. The Morgan fingerprint density at radius 1 is 1.36 bits per heavy atom. The topological polar surface area (TPSA) is 90.6 Å². The summed E-state index contributed by atoms with van der Waals surface area (Å²) >= 11 is 0. The van der Waals surface area contributed by atoms with Crippen LogP contribution in [0.2, 0.25) is 0 Å². The van der Waals surface area contributed by atoms with Crippen LogP contribution in [0.3, 0.4) is 0 Å². The lowest BCUT2D eigenvalue weighted by atomic mass is 9.96. The maximum Gasteiger partial charge on any atom is 0.394 e. The second-order valence-corrected chi connectivity index (χ2v) is 5.70. The minimum absolute atomic E-state index is 0.132. The number of hydrogen-bond donors (Lipinski definition) is 1. The fraction of sp³-hybridized carbons (Fsp3) is 0.438. The minimum atomic E-state index is -4.71. The molecule has 6 nitrogen and oxygen atoms in total. The van der Waals surface area contributed by atoms with Crippen LogP contribution in [0.1, 0.15) is 12.5 Å². The standard InChI is InChI=1S/C16H15F3N2O4/c1-9(25-13-5-3-2-4-10(13)6-20)14(22)21-7-11(15(23)24)12(8-21)16(17,18)19/h2-5,9,11-12H,7-8H2,1H3,(H,23,24)/t9?,11-,12-/m1/s1. The van der Waals surface area contributed by atoms with Gasteiger partial charge in [0.2, 0.25) is 0 Å². The molecule has 0 aliphatic carbocycles. The monoisotopic (exact) mass is 356 g/mol. The van der Waals surface area contributed by atoms with Crippen LogP contribution in [0.25, 0.3) is 0 Å². The maximum atomic E-state index is 13.0. The fourth-order valence-electron chi connectivity index (χ4n) is 2.73. The molecule has 1 unspecified atom stereocenters. The number of likely N-dealkylation sites (tertiary alicyclic amines) is 1. The molecule has 9 heteroatoms. The molecular weight excluding hydrogens is 341 g/mol. The van der Waals surface area contributed by atoms with Crippen LogP contribution in [0.15, 0.2) is 24.3 Å². The molecule has 0 radical (unpaired) electrons. The van der Waals surface area contributed by atoms with E-state index < -0.39 is 49.1 Å². The normalized spacial score (nSPS) is 21.5. The number of aliphatic carboxylic acids is 1. The Morgan fingerprint density at radius 2 is 2.00 bits per heavy atom. The molecule has 2 rings (SSSR count). The minimum Gasteiger partial charge on any atom is -0.481 e. The van der Waals surface area contributed by atoms with E-state index in [9.17, 15) is 22.8 Å². The molecule has 0 bridgehead atoms. The second kappa shape index (κ2) is 7.01. The van der Waals surface area contributed by atoms with Crippen molar-refractivity contribution in [2.45, 2.75) is 19.2 Å². The number of ether oxygens (including phenoxy) is 1. The van der Waals surface area contributed by atoms with Crippen LogP contribution >= 0.6 is 0 Å². The number of carboxylic acid groups (broad SMARTS) is 1. The number of para-hydroxylation sites is 1. The number of nitrogens with zero attached hydrogens (tertiary/aromatic N) is 2. The Balaban J connectivity index is 2.12. The van der Waals surface area contributed by atoms with Crippen molar-refractivity contribution in [1.82, 2.24) is 4.90 Å². The molecule has 1 fully saturated rings. The van der Waals surface area contributed by atoms with Crippen LogP contribution in [0, 0.1) is 23.2 Å². The molecule has 1 aliphatic heterocycles. The highest BCUT2D eigenvalue weighted by Crippen LogP contribution is 2.38. The predicted molar refractivity (Wildman–Crippen MR) is 78.5 cm³/mol. The first-order valence-corrected chi connectivity index (χ1v) is 7.39. The number of carbonyl (C=O) groups excluding carboxylic acids is 1. The van der Waals surface area contributed by atoms with Gasteiger partial charge < -0.3 is 14.7 Å². The third-order valence-corrected chi connectivity index (χ3v) is 4.03. The van der Waals surface area contributed by atoms with Gasteiger partial charge in [-0.25, -0.2) is 0 Å². The predicted octanol–water partition coefficient (Wildman–Crippen LogP) is 2.05. The Morgan fingerprint density at radius 3 is 2.52 bits per heavy atom. The van der Waals surface area contributed by atoms with E-state index in [1.54, 1.807) is 12.1 Å². The zero-order valence-electron chi connectivity index (χ0n) is 13.2. The van der Waals surface area contributed by atoms with Crippen LogP contribution in [-0.4, -0.2) is 47.3 Å². The van der Waals surface area contributed by atoms with Gasteiger partial charge in [0, 0.05) is 13.1 Å². The molecule has 1 heterocycles. The summed E-state index contributed by atoms with van der Waals surface area (Å²) in [4.78, 5) is 24.3. The van der Waals surface area contributed by atoms with E-state index in [-0.39, 0.29) is 11.3 Å². The van der Waals surface area contributed by atoms with E-state index in [4.69, 9.17) is 15.1 Å². The highest BCUT2D eigenvalue weighted by atomic mass is 19.4. The molecule has 1 aromatic rings. The average Bonchev–Trinajstić information content (AvgIpc) is 3.00. The fourth-order valence-corrected chi connectivity index (χ4v) is 2.73. The van der Waals surface area contributed by atoms with Gasteiger partial charge in [-0.05, 0) is 19.1 Å². The van der Waals surface area contributed by atoms with Crippen molar-refractivity contribution < 1.29 is 32.6 Å². The first-order valence-electron chi connectivity index (χ1n) is 7.39. The van der Waals surface area contributed by atoms with Crippen LogP contribution in [0.4, 0.5) is 13.2 Å². The summed E-state index contributed by atoms with van der Waals surface area (Å²) in [6.45, 7) is 0.0754. The van der Waals surface area contributed by atoms with Crippen molar-refractivity contribution in [3.8, 4) is 11.8 Å². The molecule has 1 aliphatic rings. The van der Waals surface area contributed by atoms with Gasteiger partial charge in [0.25, 0.3) is 5.91 Å². The number of nitriles is 1. The highest BCUT2D eigenvalue weighted by molar-refractivity contribution is 5.82.